The normalized spacial score (nSPS) is 10.5. The quantitative estimate of drug-likeness (QED) is 0.713. The highest BCUT2D eigenvalue weighted by Crippen LogP contribution is 2.15. The van der Waals surface area contributed by atoms with Crippen LogP contribution >= 0.6 is 0 Å². The summed E-state index contributed by atoms with van der Waals surface area (Å²) in [7, 11) is 0. The molecule has 1 N–H and O–H groups in total. The standard InChI is InChI=1S/C21H20N2O3/c24-20-13-19(11-12-22(20)14-17-7-3-1-4-8-17)23(16-21(25)26)15-18-9-5-2-6-10-18/h1-13H,14-16H2,(H,25,26). The van der Waals surface area contributed by atoms with Gasteiger partial charge in [0.25, 0.3) is 5.56 Å². The molecule has 5 nitrogen and oxygen atoms in total. The number of pyridine rings is 1. The summed E-state index contributed by atoms with van der Waals surface area (Å²) in [6.45, 7) is 0.740. The molecule has 0 amide bonds. The van der Waals surface area contributed by atoms with Crippen molar-refractivity contribution in [2.45, 2.75) is 13.1 Å². The van der Waals surface area contributed by atoms with E-state index >= 15 is 0 Å². The molecule has 1 heterocycles. The van der Waals surface area contributed by atoms with Crippen molar-refractivity contribution in [2.75, 3.05) is 11.4 Å². The fraction of sp³-hybridized carbons (Fsp3) is 0.143. The lowest BCUT2D eigenvalue weighted by atomic mass is 10.2. The van der Waals surface area contributed by atoms with Crippen molar-refractivity contribution < 1.29 is 9.90 Å². The summed E-state index contributed by atoms with van der Waals surface area (Å²) in [4.78, 5) is 25.4. The Bertz CT molecular complexity index is 921. The second-order valence-electron chi connectivity index (χ2n) is 6.07. The summed E-state index contributed by atoms with van der Waals surface area (Å²) < 4.78 is 1.61. The van der Waals surface area contributed by atoms with Crippen molar-refractivity contribution in [3.63, 3.8) is 0 Å². The Morgan fingerprint density at radius 2 is 1.54 bits per heavy atom. The third-order valence-electron chi connectivity index (χ3n) is 4.08. The van der Waals surface area contributed by atoms with Gasteiger partial charge in [0.1, 0.15) is 6.54 Å². The van der Waals surface area contributed by atoms with Crippen LogP contribution < -0.4 is 10.5 Å². The zero-order chi connectivity index (χ0) is 18.4. The largest absolute Gasteiger partial charge is 0.480 e. The predicted molar refractivity (Wildman–Crippen MR) is 101 cm³/mol. The van der Waals surface area contributed by atoms with E-state index in [2.05, 4.69) is 0 Å². The van der Waals surface area contributed by atoms with Crippen molar-refractivity contribution >= 4 is 11.7 Å². The molecule has 0 fully saturated rings. The van der Waals surface area contributed by atoms with E-state index in [1.807, 2.05) is 60.7 Å². The van der Waals surface area contributed by atoms with E-state index in [-0.39, 0.29) is 12.1 Å². The molecule has 0 unspecified atom stereocenters. The molecule has 0 aliphatic heterocycles. The second-order valence-corrected chi connectivity index (χ2v) is 6.07. The van der Waals surface area contributed by atoms with Gasteiger partial charge in [0.2, 0.25) is 0 Å². The first kappa shape index (κ1) is 17.5. The lowest BCUT2D eigenvalue weighted by Gasteiger charge is -2.23. The molecule has 0 bridgehead atoms. The molecule has 26 heavy (non-hydrogen) atoms. The molecule has 132 valence electrons. The Morgan fingerprint density at radius 1 is 0.923 bits per heavy atom. The van der Waals surface area contributed by atoms with Crippen LogP contribution in [0.1, 0.15) is 11.1 Å². The maximum atomic E-state index is 12.5. The van der Waals surface area contributed by atoms with Gasteiger partial charge >= 0.3 is 5.97 Å². The number of rotatable bonds is 7. The molecule has 3 aromatic rings. The second kappa shape index (κ2) is 8.16. The molecule has 0 aliphatic carbocycles. The summed E-state index contributed by atoms with van der Waals surface area (Å²) in [6, 6.07) is 22.6. The van der Waals surface area contributed by atoms with Crippen LogP contribution in [0.2, 0.25) is 0 Å². The van der Waals surface area contributed by atoms with Gasteiger partial charge in [-0.2, -0.15) is 0 Å². The topological polar surface area (TPSA) is 62.5 Å². The molecule has 0 saturated carbocycles. The van der Waals surface area contributed by atoms with Crippen LogP contribution in [0.15, 0.2) is 83.8 Å². The summed E-state index contributed by atoms with van der Waals surface area (Å²) in [5, 5.41) is 9.22. The van der Waals surface area contributed by atoms with Crippen molar-refractivity contribution in [3.05, 3.63) is 100 Å². The number of aliphatic carboxylic acids is 1. The number of carbonyl (C=O) groups is 1. The Labute approximate surface area is 151 Å². The van der Waals surface area contributed by atoms with Crippen LogP contribution in [-0.4, -0.2) is 22.2 Å². The van der Waals surface area contributed by atoms with Crippen LogP contribution in [0, 0.1) is 0 Å². The molecule has 0 radical (unpaired) electrons. The number of carboxylic acid groups (broad SMARTS) is 1. The van der Waals surface area contributed by atoms with Crippen LogP contribution in [-0.2, 0) is 17.9 Å². The molecule has 2 aromatic carbocycles. The summed E-state index contributed by atoms with van der Waals surface area (Å²) >= 11 is 0. The third kappa shape index (κ3) is 4.60. The zero-order valence-corrected chi connectivity index (χ0v) is 14.3. The average molecular weight is 348 g/mol. The highest BCUT2D eigenvalue weighted by molar-refractivity contribution is 5.73. The van der Waals surface area contributed by atoms with Crippen LogP contribution in [0.5, 0.6) is 0 Å². The van der Waals surface area contributed by atoms with Crippen molar-refractivity contribution in [1.29, 1.82) is 0 Å². The van der Waals surface area contributed by atoms with E-state index in [0.29, 0.717) is 18.8 Å². The Kier molecular flexibility index (Phi) is 5.49. The molecule has 1 aromatic heterocycles. The Hall–Kier alpha value is -3.34. The highest BCUT2D eigenvalue weighted by Gasteiger charge is 2.13. The average Bonchev–Trinajstić information content (AvgIpc) is 2.64. The first-order valence-corrected chi connectivity index (χ1v) is 8.37. The minimum absolute atomic E-state index is 0.158. The number of hydrogen-bond acceptors (Lipinski definition) is 3. The van der Waals surface area contributed by atoms with E-state index < -0.39 is 5.97 Å². The summed E-state index contributed by atoms with van der Waals surface area (Å²) in [6.07, 6.45) is 1.71. The van der Waals surface area contributed by atoms with E-state index in [4.69, 9.17) is 0 Å². The van der Waals surface area contributed by atoms with Crippen LogP contribution in [0.25, 0.3) is 0 Å². The Morgan fingerprint density at radius 3 is 2.12 bits per heavy atom. The van der Waals surface area contributed by atoms with Crippen molar-refractivity contribution in [1.82, 2.24) is 4.57 Å². The number of anilines is 1. The minimum atomic E-state index is -0.936. The van der Waals surface area contributed by atoms with Gasteiger partial charge in [-0.25, -0.2) is 0 Å². The molecule has 0 spiro atoms. The fourth-order valence-electron chi connectivity index (χ4n) is 2.81. The molecule has 3 rings (SSSR count). The first-order valence-electron chi connectivity index (χ1n) is 8.37. The van der Waals surface area contributed by atoms with Gasteiger partial charge < -0.3 is 14.6 Å². The van der Waals surface area contributed by atoms with Gasteiger partial charge in [-0.3, -0.25) is 9.59 Å². The van der Waals surface area contributed by atoms with Crippen LogP contribution in [0.3, 0.4) is 0 Å². The minimum Gasteiger partial charge on any atom is -0.480 e. The lowest BCUT2D eigenvalue weighted by Crippen LogP contribution is -2.31. The molecule has 0 atom stereocenters. The van der Waals surface area contributed by atoms with Crippen LogP contribution in [0.4, 0.5) is 5.69 Å². The Balaban J connectivity index is 1.84. The molecule has 0 aliphatic rings. The smallest absolute Gasteiger partial charge is 0.323 e. The van der Waals surface area contributed by atoms with Gasteiger partial charge in [0.05, 0.1) is 6.54 Å². The van der Waals surface area contributed by atoms with Gasteiger partial charge in [0, 0.05) is 24.5 Å². The lowest BCUT2D eigenvalue weighted by molar-refractivity contribution is -0.135. The first-order chi connectivity index (χ1) is 12.6. The van der Waals surface area contributed by atoms with Crippen molar-refractivity contribution in [3.8, 4) is 0 Å². The summed E-state index contributed by atoms with van der Waals surface area (Å²) in [5.41, 5.74) is 2.47. The van der Waals surface area contributed by atoms with E-state index in [0.717, 1.165) is 11.1 Å². The molecule has 0 saturated heterocycles. The van der Waals surface area contributed by atoms with E-state index in [1.54, 1.807) is 21.7 Å². The van der Waals surface area contributed by atoms with E-state index in [9.17, 15) is 14.7 Å². The van der Waals surface area contributed by atoms with Gasteiger partial charge in [0.15, 0.2) is 0 Å². The molecular weight excluding hydrogens is 328 g/mol. The number of benzene rings is 2. The monoisotopic (exact) mass is 348 g/mol. The fourth-order valence-corrected chi connectivity index (χ4v) is 2.81. The van der Waals surface area contributed by atoms with Gasteiger partial charge in [-0.1, -0.05) is 60.7 Å². The number of hydrogen-bond donors (Lipinski definition) is 1. The maximum Gasteiger partial charge on any atom is 0.323 e. The molecule has 5 heteroatoms. The SMILES string of the molecule is O=C(O)CN(Cc1ccccc1)c1ccn(Cc2ccccc2)c(=O)c1. The highest BCUT2D eigenvalue weighted by atomic mass is 16.4. The number of carboxylic acids is 1. The van der Waals surface area contributed by atoms with Gasteiger partial charge in [-0.15, -0.1) is 0 Å². The number of nitrogens with zero attached hydrogens (tertiary/aromatic N) is 2. The van der Waals surface area contributed by atoms with Crippen molar-refractivity contribution in [2.24, 2.45) is 0 Å². The maximum absolute atomic E-state index is 12.5. The third-order valence-corrected chi connectivity index (χ3v) is 4.08. The summed E-state index contributed by atoms with van der Waals surface area (Å²) in [5.74, 6) is -0.936. The van der Waals surface area contributed by atoms with Gasteiger partial charge in [-0.05, 0) is 17.2 Å². The number of aromatic nitrogens is 1. The van der Waals surface area contributed by atoms with E-state index in [1.165, 1.54) is 6.07 Å². The predicted octanol–water partition coefficient (Wildman–Crippen LogP) is 2.99. The zero-order valence-electron chi connectivity index (χ0n) is 14.3. The molecular formula is C21H20N2O3.